The maximum Gasteiger partial charge on any atom is 0.143 e. The van der Waals surface area contributed by atoms with E-state index in [-0.39, 0.29) is 39.1 Å². The summed E-state index contributed by atoms with van der Waals surface area (Å²) < 4.78 is 102. The Balaban J connectivity index is 1.18. The lowest BCUT2D eigenvalue weighted by Gasteiger charge is -2.18. The van der Waals surface area contributed by atoms with Crippen LogP contribution in [-0.4, -0.2) is 0 Å². The molecule has 1 nitrogen and oxygen atoms in total. The first kappa shape index (κ1) is 18.8. The monoisotopic (exact) mass is 633 g/mol. The zero-order valence-corrected chi connectivity index (χ0v) is 25.9. The summed E-state index contributed by atoms with van der Waals surface area (Å²) in [7, 11) is 0. The van der Waals surface area contributed by atoms with Crippen molar-refractivity contribution in [3.05, 3.63) is 182 Å². The van der Waals surface area contributed by atoms with Crippen LogP contribution in [0.4, 0.5) is 0 Å². The van der Waals surface area contributed by atoms with Gasteiger partial charge in [0.1, 0.15) is 11.2 Å². The molecule has 0 N–H and O–H groups in total. The maximum atomic E-state index is 9.26. The first-order chi connectivity index (χ1) is 28.9. The van der Waals surface area contributed by atoms with Crippen molar-refractivity contribution in [3.8, 4) is 44.5 Å². The molecule has 0 atom stereocenters. The van der Waals surface area contributed by atoms with E-state index in [1.165, 1.54) is 5.56 Å². The van der Waals surface area contributed by atoms with Gasteiger partial charge in [-0.05, 0) is 95.5 Å². The van der Waals surface area contributed by atoms with Gasteiger partial charge in [-0.1, -0.05) is 158 Å². The van der Waals surface area contributed by atoms with Crippen LogP contribution >= 0.6 is 0 Å². The molecule has 10 rings (SSSR count). The lowest BCUT2D eigenvalue weighted by molar-refractivity contribution is 0.670. The SMILES string of the molecule is [2H]c1c([2H])c([2H])c(-c2c([2H])c([2H])c3oc4c(-c5ccc6cc(-c7c8ccccc8c(-c8ccccc8)c8ccccc78)ccc6c5)c([2H])c([2H])c([2H])c4c3c2[2H])c([2H])c1[2H]. The molecule has 1 heterocycles. The van der Waals surface area contributed by atoms with E-state index in [0.717, 1.165) is 49.0 Å². The van der Waals surface area contributed by atoms with E-state index in [1.54, 1.807) is 6.07 Å². The largest absolute Gasteiger partial charge is 0.455 e. The van der Waals surface area contributed by atoms with E-state index in [2.05, 4.69) is 84.9 Å². The molecule has 0 saturated carbocycles. The van der Waals surface area contributed by atoms with Crippen LogP contribution in [0.3, 0.4) is 0 Å². The van der Waals surface area contributed by atoms with Crippen molar-refractivity contribution in [1.82, 2.24) is 0 Å². The van der Waals surface area contributed by atoms with E-state index in [9.17, 15) is 1.37 Å². The summed E-state index contributed by atoms with van der Waals surface area (Å²) in [6, 6.07) is 33.1. The molecule has 0 aliphatic carbocycles. The van der Waals surface area contributed by atoms with E-state index in [4.69, 9.17) is 18.1 Å². The lowest BCUT2D eigenvalue weighted by atomic mass is 9.85. The fourth-order valence-electron chi connectivity index (χ4n) is 7.04. The fraction of sp³-hybridized carbons (Fsp3) is 0. The van der Waals surface area contributed by atoms with E-state index < -0.39 is 66.0 Å². The topological polar surface area (TPSA) is 13.1 Å². The Bertz CT molecular complexity index is 3420. The van der Waals surface area contributed by atoms with Crippen LogP contribution in [0.5, 0.6) is 0 Å². The van der Waals surface area contributed by atoms with Crippen LogP contribution in [0.15, 0.2) is 186 Å². The van der Waals surface area contributed by atoms with Crippen molar-refractivity contribution in [1.29, 1.82) is 0 Å². The average Bonchev–Trinajstić information content (AvgIpc) is 3.67. The molecule has 0 aliphatic heterocycles. The highest BCUT2D eigenvalue weighted by molar-refractivity contribution is 6.21. The van der Waals surface area contributed by atoms with Gasteiger partial charge in [0.2, 0.25) is 0 Å². The molecule has 49 heavy (non-hydrogen) atoms. The molecule has 0 saturated heterocycles. The van der Waals surface area contributed by atoms with Gasteiger partial charge >= 0.3 is 0 Å². The van der Waals surface area contributed by atoms with Crippen LogP contribution in [0.25, 0.3) is 98.8 Å². The molecule has 1 aromatic heterocycles. The molecule has 1 heteroatoms. The normalized spacial score (nSPS) is 14.8. The lowest BCUT2D eigenvalue weighted by Crippen LogP contribution is -1.90. The van der Waals surface area contributed by atoms with Gasteiger partial charge in [-0.15, -0.1) is 0 Å². The second kappa shape index (κ2) is 11.1. The zero-order chi connectivity index (χ0) is 41.9. The summed E-state index contributed by atoms with van der Waals surface area (Å²) in [5, 5.41) is 6.09. The van der Waals surface area contributed by atoms with Crippen LogP contribution < -0.4 is 0 Å². The molecule has 0 spiro atoms. The van der Waals surface area contributed by atoms with Crippen LogP contribution in [0.2, 0.25) is 0 Å². The average molecular weight is 634 g/mol. The molecule has 0 amide bonds. The second-order valence-electron chi connectivity index (χ2n) is 12.0. The van der Waals surface area contributed by atoms with Crippen molar-refractivity contribution >= 4 is 54.3 Å². The first-order valence-corrected chi connectivity index (χ1v) is 15.9. The molecule has 0 bridgehead atoms. The Morgan fingerprint density at radius 3 is 1.69 bits per heavy atom. The number of hydrogen-bond donors (Lipinski definition) is 0. The Morgan fingerprint density at radius 2 is 1.00 bits per heavy atom. The van der Waals surface area contributed by atoms with Crippen LogP contribution in [-0.2, 0) is 0 Å². The molecule has 0 unspecified atom stereocenters. The predicted molar refractivity (Wildman–Crippen MR) is 208 cm³/mol. The van der Waals surface area contributed by atoms with Gasteiger partial charge in [0, 0.05) is 16.3 Å². The number of benzene rings is 9. The Kier molecular flexibility index (Phi) is 4.25. The molecule has 0 aliphatic rings. The zero-order valence-electron chi connectivity index (χ0n) is 36.9. The molecule has 228 valence electrons. The third-order valence-electron chi connectivity index (χ3n) is 9.22. The summed E-state index contributed by atoms with van der Waals surface area (Å²) in [6.45, 7) is 0. The summed E-state index contributed by atoms with van der Waals surface area (Å²) in [5.74, 6) is 0. The van der Waals surface area contributed by atoms with Gasteiger partial charge in [-0.3, -0.25) is 0 Å². The predicted octanol–water partition coefficient (Wildman–Crippen LogP) is 13.7. The summed E-state index contributed by atoms with van der Waals surface area (Å²) >= 11 is 0. The summed E-state index contributed by atoms with van der Waals surface area (Å²) in [4.78, 5) is 0. The highest BCUT2D eigenvalue weighted by atomic mass is 16.3. The summed E-state index contributed by atoms with van der Waals surface area (Å²) in [6.07, 6.45) is 0. The molecule has 0 fully saturated rings. The number of furan rings is 1. The van der Waals surface area contributed by atoms with Crippen molar-refractivity contribution in [2.45, 2.75) is 0 Å². The van der Waals surface area contributed by atoms with Gasteiger partial charge in [-0.2, -0.15) is 0 Å². The van der Waals surface area contributed by atoms with Crippen molar-refractivity contribution in [2.24, 2.45) is 0 Å². The molecule has 10 aromatic rings. The Morgan fingerprint density at radius 1 is 0.388 bits per heavy atom. The minimum absolute atomic E-state index is 0.0250. The van der Waals surface area contributed by atoms with Crippen molar-refractivity contribution in [2.75, 3.05) is 0 Å². The smallest absolute Gasteiger partial charge is 0.143 e. The molecular weight excluding hydrogens is 593 g/mol. The van der Waals surface area contributed by atoms with E-state index in [0.29, 0.717) is 5.56 Å². The van der Waals surface area contributed by atoms with E-state index in [1.807, 2.05) is 24.3 Å². The Labute approximate surface area is 299 Å². The minimum atomic E-state index is -0.657. The van der Waals surface area contributed by atoms with Crippen LogP contribution in [0.1, 0.15) is 15.1 Å². The molecule has 9 aromatic carbocycles. The van der Waals surface area contributed by atoms with Crippen molar-refractivity contribution in [3.63, 3.8) is 0 Å². The number of para-hydroxylation sites is 1. The summed E-state index contributed by atoms with van der Waals surface area (Å²) in [5.41, 5.74) is 4.02. The van der Waals surface area contributed by atoms with Gasteiger partial charge in [0.25, 0.3) is 0 Å². The Hall–Kier alpha value is -6.44. The second-order valence-corrected chi connectivity index (χ2v) is 12.0. The maximum absolute atomic E-state index is 9.26. The van der Waals surface area contributed by atoms with Gasteiger partial charge < -0.3 is 4.42 Å². The van der Waals surface area contributed by atoms with E-state index >= 15 is 0 Å². The third kappa shape index (κ3) is 4.47. The van der Waals surface area contributed by atoms with Gasteiger partial charge in [0.05, 0.1) is 15.1 Å². The number of fused-ring (bicyclic) bond motifs is 6. The van der Waals surface area contributed by atoms with Crippen molar-refractivity contribution < 1.29 is 19.5 Å². The number of rotatable bonds is 4. The third-order valence-corrected chi connectivity index (χ3v) is 9.22. The standard InChI is InChI=1S/C48H30O/c1-3-12-31(13-4-1)35-26-27-45-44(30-35)43-21-11-20-38(48(43)49-45)36-24-22-34-29-37(25-23-33(34)28-36)47-41-18-9-7-16-39(41)46(32-14-5-2-6-15-32)40-17-8-10-19-42(40)47/h1-30H/i1D,3D,4D,11D,12D,13D,20D,21D,26D,27D,30D. The molecule has 0 radical (unpaired) electrons. The molecular formula is C48H30O. The highest BCUT2D eigenvalue weighted by Gasteiger charge is 2.17. The minimum Gasteiger partial charge on any atom is -0.455 e. The van der Waals surface area contributed by atoms with Crippen LogP contribution in [0, 0.1) is 0 Å². The fourth-order valence-corrected chi connectivity index (χ4v) is 7.04. The van der Waals surface area contributed by atoms with Gasteiger partial charge in [-0.25, -0.2) is 0 Å². The quantitative estimate of drug-likeness (QED) is 0.176. The van der Waals surface area contributed by atoms with Gasteiger partial charge in [0.15, 0.2) is 0 Å². The highest BCUT2D eigenvalue weighted by Crippen LogP contribution is 2.44. The first-order valence-electron chi connectivity index (χ1n) is 21.4. The number of hydrogen-bond acceptors (Lipinski definition) is 1.